The third kappa shape index (κ3) is 3.29. The molecule has 1 amide bonds. The molecule has 0 saturated carbocycles. The van der Waals surface area contributed by atoms with Crippen LogP contribution < -0.4 is 10.5 Å². The Morgan fingerprint density at radius 2 is 1.72 bits per heavy atom. The van der Waals surface area contributed by atoms with E-state index in [2.05, 4.69) is 0 Å². The number of thioether (sulfide) groups is 1. The smallest absolute Gasteiger partial charge is 0.288 e. The molecular formula is C21H19Cl2N3O2S. The van der Waals surface area contributed by atoms with Gasteiger partial charge in [0.25, 0.3) is 5.56 Å². The molecule has 0 radical (unpaired) electrons. The van der Waals surface area contributed by atoms with Crippen LogP contribution in [0.2, 0.25) is 10.0 Å². The Labute approximate surface area is 182 Å². The van der Waals surface area contributed by atoms with Crippen LogP contribution in [-0.2, 0) is 11.8 Å². The van der Waals surface area contributed by atoms with Gasteiger partial charge < -0.3 is 0 Å². The van der Waals surface area contributed by atoms with Crippen LogP contribution in [0.4, 0.5) is 5.69 Å². The number of hydrogen-bond acceptors (Lipinski definition) is 3. The average molecular weight is 448 g/mol. The number of hydrogen-bond donors (Lipinski definition) is 0. The summed E-state index contributed by atoms with van der Waals surface area (Å²) in [6, 6.07) is 14.6. The molecule has 2 heterocycles. The van der Waals surface area contributed by atoms with Crippen LogP contribution in [0.5, 0.6) is 0 Å². The predicted octanol–water partition coefficient (Wildman–Crippen LogP) is 4.96. The first-order chi connectivity index (χ1) is 13.8. The Hall–Kier alpha value is -2.15. The number of nitrogens with zero attached hydrogens (tertiary/aromatic N) is 3. The molecule has 4 rings (SSSR count). The molecule has 5 nitrogen and oxygen atoms in total. The molecule has 2 atom stereocenters. The highest BCUT2D eigenvalue weighted by atomic mass is 35.5. The van der Waals surface area contributed by atoms with Gasteiger partial charge in [-0.15, -0.1) is 11.8 Å². The van der Waals surface area contributed by atoms with E-state index in [1.54, 1.807) is 26.4 Å². The van der Waals surface area contributed by atoms with Crippen molar-refractivity contribution in [3.05, 3.63) is 80.2 Å². The SMILES string of the molecule is Cc1c(N2C(=O)C(C)SC2c2ccc(Cl)cc2Cl)c(=O)n(-c2ccccc2)n1C. The van der Waals surface area contributed by atoms with Gasteiger partial charge in [0.05, 0.1) is 16.6 Å². The van der Waals surface area contributed by atoms with Crippen molar-refractivity contribution in [3.63, 3.8) is 0 Å². The van der Waals surface area contributed by atoms with E-state index in [-0.39, 0.29) is 16.7 Å². The maximum atomic E-state index is 13.5. The predicted molar refractivity (Wildman–Crippen MR) is 119 cm³/mol. The minimum absolute atomic E-state index is 0.114. The number of rotatable bonds is 3. The van der Waals surface area contributed by atoms with Gasteiger partial charge in [0.15, 0.2) is 0 Å². The van der Waals surface area contributed by atoms with Gasteiger partial charge in [-0.3, -0.25) is 19.2 Å². The summed E-state index contributed by atoms with van der Waals surface area (Å²) in [5.74, 6) is -0.114. The van der Waals surface area contributed by atoms with Crippen LogP contribution in [0.25, 0.3) is 5.69 Å². The van der Waals surface area contributed by atoms with Crippen LogP contribution in [-0.4, -0.2) is 20.5 Å². The summed E-state index contributed by atoms with van der Waals surface area (Å²) in [4.78, 5) is 28.1. The van der Waals surface area contributed by atoms with Gasteiger partial charge in [-0.05, 0) is 38.1 Å². The molecule has 1 aliphatic heterocycles. The Morgan fingerprint density at radius 1 is 1.03 bits per heavy atom. The fourth-order valence-electron chi connectivity index (χ4n) is 3.60. The van der Waals surface area contributed by atoms with E-state index in [1.807, 2.05) is 57.3 Å². The molecular weight excluding hydrogens is 429 g/mol. The summed E-state index contributed by atoms with van der Waals surface area (Å²) in [7, 11) is 1.81. The van der Waals surface area contributed by atoms with Gasteiger partial charge in [0, 0.05) is 22.7 Å². The molecule has 2 unspecified atom stereocenters. The number of para-hydroxylation sites is 1. The first kappa shape index (κ1) is 20.1. The van der Waals surface area contributed by atoms with Crippen molar-refractivity contribution >= 4 is 46.6 Å². The van der Waals surface area contributed by atoms with E-state index < -0.39 is 5.37 Å². The zero-order valence-corrected chi connectivity index (χ0v) is 18.4. The Bertz CT molecular complexity index is 1160. The van der Waals surface area contributed by atoms with Crippen LogP contribution in [0, 0.1) is 6.92 Å². The summed E-state index contributed by atoms with van der Waals surface area (Å²) >= 11 is 14.0. The molecule has 0 N–H and O–H groups in total. The number of carbonyl (C=O) groups is 1. The van der Waals surface area contributed by atoms with E-state index in [1.165, 1.54) is 11.8 Å². The highest BCUT2D eigenvalue weighted by molar-refractivity contribution is 8.01. The van der Waals surface area contributed by atoms with Gasteiger partial charge in [-0.2, -0.15) is 0 Å². The highest BCUT2D eigenvalue weighted by Crippen LogP contribution is 2.47. The minimum atomic E-state index is -0.403. The maximum Gasteiger partial charge on any atom is 0.295 e. The molecule has 1 aromatic heterocycles. The summed E-state index contributed by atoms with van der Waals surface area (Å²) < 4.78 is 3.35. The lowest BCUT2D eigenvalue weighted by Crippen LogP contribution is -2.34. The second-order valence-corrected chi connectivity index (χ2v) is 9.18. The molecule has 0 aliphatic carbocycles. The normalized spacial score (nSPS) is 19.2. The molecule has 1 aliphatic rings. The molecule has 2 aromatic carbocycles. The van der Waals surface area contributed by atoms with Gasteiger partial charge >= 0.3 is 0 Å². The van der Waals surface area contributed by atoms with Gasteiger partial charge in [-0.1, -0.05) is 47.5 Å². The zero-order chi connectivity index (χ0) is 20.9. The first-order valence-corrected chi connectivity index (χ1v) is 10.8. The van der Waals surface area contributed by atoms with E-state index in [0.29, 0.717) is 21.4 Å². The lowest BCUT2D eigenvalue weighted by atomic mass is 10.2. The first-order valence-electron chi connectivity index (χ1n) is 9.08. The molecule has 1 saturated heterocycles. The third-order valence-corrected chi connectivity index (χ3v) is 7.04. The zero-order valence-electron chi connectivity index (χ0n) is 16.1. The summed E-state index contributed by atoms with van der Waals surface area (Å²) in [5.41, 5.74) is 2.33. The highest BCUT2D eigenvalue weighted by Gasteiger charge is 2.43. The van der Waals surface area contributed by atoms with E-state index in [4.69, 9.17) is 23.2 Å². The number of amides is 1. The third-order valence-electron chi connectivity index (χ3n) is 5.15. The summed E-state index contributed by atoms with van der Waals surface area (Å²) in [6.45, 7) is 3.69. The monoisotopic (exact) mass is 447 g/mol. The number of carbonyl (C=O) groups excluding carboxylic acids is 1. The maximum absolute atomic E-state index is 13.5. The van der Waals surface area contributed by atoms with Crippen molar-refractivity contribution in [1.29, 1.82) is 0 Å². The fraction of sp³-hybridized carbons (Fsp3) is 0.238. The average Bonchev–Trinajstić information content (AvgIpc) is 3.09. The Balaban J connectivity index is 1.90. The molecule has 8 heteroatoms. The molecule has 150 valence electrons. The largest absolute Gasteiger partial charge is 0.295 e. The van der Waals surface area contributed by atoms with Crippen molar-refractivity contribution < 1.29 is 4.79 Å². The van der Waals surface area contributed by atoms with Crippen molar-refractivity contribution in [2.45, 2.75) is 24.5 Å². The molecule has 3 aromatic rings. The van der Waals surface area contributed by atoms with Gasteiger partial charge in [0.2, 0.25) is 5.91 Å². The second-order valence-electron chi connectivity index (χ2n) is 6.91. The number of anilines is 1. The summed E-state index contributed by atoms with van der Waals surface area (Å²) in [6.07, 6.45) is 0. The van der Waals surface area contributed by atoms with Gasteiger partial charge in [-0.25, -0.2) is 4.68 Å². The quantitative estimate of drug-likeness (QED) is 0.569. The minimum Gasteiger partial charge on any atom is -0.288 e. The molecule has 0 bridgehead atoms. The fourth-order valence-corrected chi connectivity index (χ4v) is 5.47. The van der Waals surface area contributed by atoms with Crippen molar-refractivity contribution in [2.24, 2.45) is 7.05 Å². The molecule has 0 spiro atoms. The topological polar surface area (TPSA) is 47.2 Å². The second kappa shape index (κ2) is 7.59. The lowest BCUT2D eigenvalue weighted by Gasteiger charge is -2.24. The van der Waals surface area contributed by atoms with Crippen LogP contribution >= 0.6 is 35.0 Å². The Morgan fingerprint density at radius 3 is 2.38 bits per heavy atom. The van der Waals surface area contributed by atoms with Crippen molar-refractivity contribution in [1.82, 2.24) is 9.36 Å². The molecule has 29 heavy (non-hydrogen) atoms. The van der Waals surface area contributed by atoms with Crippen LogP contribution in [0.1, 0.15) is 23.6 Å². The lowest BCUT2D eigenvalue weighted by molar-refractivity contribution is -0.117. The number of halogens is 2. The van der Waals surface area contributed by atoms with Crippen LogP contribution in [0.3, 0.4) is 0 Å². The van der Waals surface area contributed by atoms with Crippen LogP contribution in [0.15, 0.2) is 53.3 Å². The van der Waals surface area contributed by atoms with E-state index in [9.17, 15) is 9.59 Å². The van der Waals surface area contributed by atoms with Crippen molar-refractivity contribution in [2.75, 3.05) is 4.90 Å². The summed E-state index contributed by atoms with van der Waals surface area (Å²) in [5, 5.41) is 0.296. The standard InChI is InChI=1S/C21H19Cl2N3O2S/c1-12-18(20(28)26(24(12)3)15-7-5-4-6-8-15)25-19(27)13(2)29-21(25)16-10-9-14(22)11-17(16)23/h4-11,13,21H,1-3H3. The molecule has 1 fully saturated rings. The van der Waals surface area contributed by atoms with Crippen molar-refractivity contribution in [3.8, 4) is 5.69 Å². The van der Waals surface area contributed by atoms with Gasteiger partial charge in [0.1, 0.15) is 11.1 Å². The van der Waals surface area contributed by atoms with E-state index >= 15 is 0 Å². The Kier molecular flexibility index (Phi) is 5.27. The number of aromatic nitrogens is 2. The van der Waals surface area contributed by atoms with E-state index in [0.717, 1.165) is 11.3 Å². The number of benzene rings is 2.